The number of nitrogens with one attached hydrogen (secondary N) is 1. The normalized spacial score (nSPS) is 28.8. The lowest BCUT2D eigenvalue weighted by atomic mass is 9.89. The molecule has 4 rings (SSSR count). The number of ether oxygens (including phenoxy) is 1. The Morgan fingerprint density at radius 3 is 2.80 bits per heavy atom. The zero-order valence-electron chi connectivity index (χ0n) is 17.9. The van der Waals surface area contributed by atoms with Gasteiger partial charge in [0.05, 0.1) is 23.0 Å². The average Bonchev–Trinajstić information content (AvgIpc) is 3.37. The molecule has 0 aromatic heterocycles. The molecule has 2 unspecified atom stereocenters. The van der Waals surface area contributed by atoms with E-state index in [1.165, 1.54) is 4.90 Å². The van der Waals surface area contributed by atoms with Gasteiger partial charge in [0.25, 0.3) is 0 Å². The second-order valence-corrected chi connectivity index (χ2v) is 10.3. The third-order valence-corrected chi connectivity index (χ3v) is 6.32. The summed E-state index contributed by atoms with van der Waals surface area (Å²) in [5.41, 5.74) is 6.01. The zero-order chi connectivity index (χ0) is 21.8. The summed E-state index contributed by atoms with van der Waals surface area (Å²) in [6.07, 6.45) is 1.72. The highest BCUT2D eigenvalue weighted by molar-refractivity contribution is 6.32. The van der Waals surface area contributed by atoms with Gasteiger partial charge in [-0.05, 0) is 46.1 Å². The Morgan fingerprint density at radius 1 is 1.37 bits per heavy atom. The minimum Gasteiger partial charge on any atom is -0.486 e. The van der Waals surface area contributed by atoms with E-state index in [4.69, 9.17) is 22.1 Å². The molecule has 2 amide bonds. The second-order valence-electron chi connectivity index (χ2n) is 9.85. The summed E-state index contributed by atoms with van der Waals surface area (Å²) >= 11 is 6.33. The Morgan fingerprint density at radius 2 is 2.10 bits per heavy atom. The molecule has 1 aromatic carbocycles. The summed E-state index contributed by atoms with van der Waals surface area (Å²) in [6.45, 7) is 8.20. The van der Waals surface area contributed by atoms with E-state index in [0.717, 1.165) is 12.0 Å². The molecule has 8 heteroatoms. The first-order chi connectivity index (χ1) is 14.0. The van der Waals surface area contributed by atoms with Crippen molar-refractivity contribution in [1.29, 1.82) is 0 Å². The van der Waals surface area contributed by atoms with Crippen LogP contribution in [0.25, 0.3) is 0 Å². The van der Waals surface area contributed by atoms with Gasteiger partial charge in [0, 0.05) is 24.4 Å². The summed E-state index contributed by atoms with van der Waals surface area (Å²) in [4.78, 5) is 31.3. The minimum atomic E-state index is -0.470. The number of aliphatic imine (C=N–C) groups is 1. The highest BCUT2D eigenvalue weighted by Crippen LogP contribution is 2.45. The van der Waals surface area contributed by atoms with Gasteiger partial charge in [-0.2, -0.15) is 0 Å². The molecule has 1 aliphatic carbocycles. The zero-order valence-corrected chi connectivity index (χ0v) is 18.6. The van der Waals surface area contributed by atoms with Gasteiger partial charge in [0.2, 0.25) is 11.8 Å². The fraction of sp³-hybridized carbons (Fsp3) is 0.591. The van der Waals surface area contributed by atoms with Crippen LogP contribution in [0.4, 0.5) is 0 Å². The maximum Gasteiger partial charge on any atom is 0.231 e. The number of nitrogens with zero attached hydrogens (tertiary/aromatic N) is 2. The van der Waals surface area contributed by atoms with Gasteiger partial charge in [0.1, 0.15) is 11.4 Å². The van der Waals surface area contributed by atoms with Crippen molar-refractivity contribution in [3.8, 4) is 5.75 Å². The number of para-hydroxylation sites is 1. The number of benzene rings is 1. The summed E-state index contributed by atoms with van der Waals surface area (Å²) in [6, 6.07) is 5.44. The number of amides is 2. The first-order valence-corrected chi connectivity index (χ1v) is 10.8. The van der Waals surface area contributed by atoms with Crippen LogP contribution in [0.5, 0.6) is 5.75 Å². The van der Waals surface area contributed by atoms with Crippen LogP contribution in [0.3, 0.4) is 0 Å². The molecule has 0 saturated heterocycles. The molecule has 0 spiro atoms. The van der Waals surface area contributed by atoms with E-state index < -0.39 is 11.1 Å². The van der Waals surface area contributed by atoms with Crippen LogP contribution in [0, 0.1) is 11.8 Å². The van der Waals surface area contributed by atoms with Crippen molar-refractivity contribution in [3.05, 3.63) is 28.8 Å². The molecule has 3 atom stereocenters. The second kappa shape index (κ2) is 7.15. The summed E-state index contributed by atoms with van der Waals surface area (Å²) in [5.74, 6) is 0.808. The number of hydrogen-bond acceptors (Lipinski definition) is 5. The van der Waals surface area contributed by atoms with Gasteiger partial charge in [0.15, 0.2) is 5.96 Å². The number of fused-ring (bicyclic) bond motifs is 1. The first kappa shape index (κ1) is 21.0. The standard InChI is InChI=1S/C22H29ClN4O3/c1-21(2)10-17(28)27(20(24)26-21)11-12-8-14(12)19(29)25-16-9-22(3,4)30-18-13(16)6-5-7-15(18)23/h5-7,12,14,16H,8-11H2,1-4H3,(H2,24,26)(H,25,29)/t12-,14?,16?/m1/s1. The summed E-state index contributed by atoms with van der Waals surface area (Å²) < 4.78 is 6.05. The molecule has 1 saturated carbocycles. The van der Waals surface area contributed by atoms with Crippen molar-refractivity contribution in [2.24, 2.45) is 22.6 Å². The minimum absolute atomic E-state index is 0.00563. The van der Waals surface area contributed by atoms with Crippen LogP contribution in [-0.4, -0.2) is 40.4 Å². The fourth-order valence-corrected chi connectivity index (χ4v) is 4.66. The van der Waals surface area contributed by atoms with Gasteiger partial charge in [-0.3, -0.25) is 14.5 Å². The Bertz CT molecular complexity index is 927. The first-order valence-electron chi connectivity index (χ1n) is 10.4. The number of halogens is 1. The molecule has 2 aliphatic heterocycles. The van der Waals surface area contributed by atoms with Crippen molar-refractivity contribution >= 4 is 29.4 Å². The number of carbonyl (C=O) groups excluding carboxylic acids is 2. The number of guanidine groups is 1. The maximum atomic E-state index is 12.9. The molecule has 30 heavy (non-hydrogen) atoms. The van der Waals surface area contributed by atoms with Crippen LogP contribution in [0.15, 0.2) is 23.2 Å². The molecule has 1 fully saturated rings. The Kier molecular flexibility index (Phi) is 5.00. The predicted octanol–water partition coefficient (Wildman–Crippen LogP) is 3.02. The van der Waals surface area contributed by atoms with Crippen LogP contribution in [0.1, 0.15) is 58.6 Å². The van der Waals surface area contributed by atoms with Crippen molar-refractivity contribution < 1.29 is 14.3 Å². The number of carbonyl (C=O) groups is 2. The van der Waals surface area contributed by atoms with E-state index in [2.05, 4.69) is 10.3 Å². The lowest BCUT2D eigenvalue weighted by Crippen LogP contribution is -2.50. The Hall–Kier alpha value is -2.28. The SMILES string of the molecule is CC1(C)CC(=O)N(C[C@H]2CC2C(=O)NC2CC(C)(C)Oc3c(Cl)cccc32)C(N)=N1. The Labute approximate surface area is 182 Å². The van der Waals surface area contributed by atoms with E-state index >= 15 is 0 Å². The molecular formula is C22H29ClN4O3. The van der Waals surface area contributed by atoms with Crippen molar-refractivity contribution in [2.45, 2.75) is 64.1 Å². The third kappa shape index (κ3) is 4.13. The van der Waals surface area contributed by atoms with Gasteiger partial charge in [-0.1, -0.05) is 23.7 Å². The highest BCUT2D eigenvalue weighted by atomic mass is 35.5. The number of rotatable bonds is 4. The molecule has 3 N–H and O–H groups in total. The van der Waals surface area contributed by atoms with Gasteiger partial charge in [-0.25, -0.2) is 4.99 Å². The van der Waals surface area contributed by atoms with Gasteiger partial charge < -0.3 is 15.8 Å². The van der Waals surface area contributed by atoms with E-state index in [-0.39, 0.29) is 35.7 Å². The van der Waals surface area contributed by atoms with Crippen LogP contribution < -0.4 is 15.8 Å². The van der Waals surface area contributed by atoms with E-state index in [1.54, 1.807) is 6.07 Å². The van der Waals surface area contributed by atoms with E-state index in [0.29, 0.717) is 30.2 Å². The lowest BCUT2D eigenvalue weighted by molar-refractivity contribution is -0.130. The molecule has 3 aliphatic rings. The lowest BCUT2D eigenvalue weighted by Gasteiger charge is -2.38. The fourth-order valence-electron chi connectivity index (χ4n) is 4.44. The van der Waals surface area contributed by atoms with Gasteiger partial charge in [-0.15, -0.1) is 0 Å². The topological polar surface area (TPSA) is 97.0 Å². The maximum absolute atomic E-state index is 12.9. The van der Waals surface area contributed by atoms with Crippen molar-refractivity contribution in [3.63, 3.8) is 0 Å². The van der Waals surface area contributed by atoms with Crippen LogP contribution in [0.2, 0.25) is 5.02 Å². The molecule has 162 valence electrons. The van der Waals surface area contributed by atoms with Crippen LogP contribution in [-0.2, 0) is 9.59 Å². The largest absolute Gasteiger partial charge is 0.486 e. The van der Waals surface area contributed by atoms with E-state index in [9.17, 15) is 9.59 Å². The molecule has 2 heterocycles. The van der Waals surface area contributed by atoms with Crippen molar-refractivity contribution in [1.82, 2.24) is 10.2 Å². The molecule has 0 radical (unpaired) electrons. The smallest absolute Gasteiger partial charge is 0.231 e. The Balaban J connectivity index is 1.42. The average molecular weight is 433 g/mol. The number of hydrogen-bond donors (Lipinski definition) is 2. The van der Waals surface area contributed by atoms with Gasteiger partial charge >= 0.3 is 0 Å². The summed E-state index contributed by atoms with van der Waals surface area (Å²) in [5, 5.41) is 3.73. The molecule has 1 aromatic rings. The third-order valence-electron chi connectivity index (χ3n) is 6.02. The molecule has 0 bridgehead atoms. The quantitative estimate of drug-likeness (QED) is 0.764. The highest BCUT2D eigenvalue weighted by Gasteiger charge is 2.47. The van der Waals surface area contributed by atoms with Crippen molar-refractivity contribution in [2.75, 3.05) is 6.54 Å². The number of nitrogens with two attached hydrogens (primary N) is 1. The van der Waals surface area contributed by atoms with E-state index in [1.807, 2.05) is 39.8 Å². The monoisotopic (exact) mass is 432 g/mol. The molecular weight excluding hydrogens is 404 g/mol. The van der Waals surface area contributed by atoms with Crippen LogP contribution >= 0.6 is 11.6 Å². The summed E-state index contributed by atoms with van der Waals surface area (Å²) in [7, 11) is 0. The predicted molar refractivity (Wildman–Crippen MR) is 115 cm³/mol. The molecule has 7 nitrogen and oxygen atoms in total.